The number of fused-ring (bicyclic) bond motifs is 2. The summed E-state index contributed by atoms with van der Waals surface area (Å²) < 4.78 is 1.75. The van der Waals surface area contributed by atoms with Crippen molar-refractivity contribution in [3.8, 4) is 0 Å². The van der Waals surface area contributed by atoms with E-state index in [9.17, 15) is 4.79 Å². The zero-order valence-electron chi connectivity index (χ0n) is 17.0. The van der Waals surface area contributed by atoms with Crippen molar-refractivity contribution in [2.24, 2.45) is 7.05 Å². The molecule has 0 atom stereocenters. The molecule has 0 saturated carbocycles. The maximum Gasteiger partial charge on any atom is 0.222 e. The number of imidazole rings is 1. The lowest BCUT2D eigenvalue weighted by Gasteiger charge is -2.35. The predicted octanol–water partition coefficient (Wildman–Crippen LogP) is 1.91. The zero-order valence-corrected chi connectivity index (χ0v) is 17.0. The Morgan fingerprint density at radius 1 is 1.13 bits per heavy atom. The van der Waals surface area contributed by atoms with E-state index in [2.05, 4.69) is 29.9 Å². The molecule has 9 heteroatoms. The average molecular weight is 404 g/mol. The minimum atomic E-state index is 0.208. The molecule has 1 saturated heterocycles. The second-order valence-electron chi connectivity index (χ2n) is 7.62. The molecule has 0 bridgehead atoms. The van der Waals surface area contributed by atoms with E-state index in [0.29, 0.717) is 19.5 Å². The van der Waals surface area contributed by atoms with Gasteiger partial charge in [0.05, 0.1) is 22.6 Å². The van der Waals surface area contributed by atoms with Crippen LogP contribution < -0.4 is 4.90 Å². The summed E-state index contributed by atoms with van der Waals surface area (Å²) in [6, 6.07) is 8.00. The highest BCUT2D eigenvalue weighted by atomic mass is 16.2. The maximum atomic E-state index is 12.7. The lowest BCUT2D eigenvalue weighted by atomic mass is 10.2. The first-order chi connectivity index (χ1) is 14.7. The van der Waals surface area contributed by atoms with Crippen LogP contribution in [0, 0.1) is 0 Å². The number of nitrogens with zero attached hydrogens (tertiary/aromatic N) is 7. The minimum Gasteiger partial charge on any atom is -0.352 e. The van der Waals surface area contributed by atoms with E-state index in [4.69, 9.17) is 0 Å². The van der Waals surface area contributed by atoms with Gasteiger partial charge in [-0.1, -0.05) is 12.1 Å². The molecule has 154 valence electrons. The number of H-pyrrole nitrogens is 1. The fraction of sp³-hybridized carbons (Fsp3) is 0.381. The van der Waals surface area contributed by atoms with Gasteiger partial charge in [-0.05, 0) is 18.6 Å². The van der Waals surface area contributed by atoms with Crippen molar-refractivity contribution in [2.75, 3.05) is 31.1 Å². The van der Waals surface area contributed by atoms with Gasteiger partial charge >= 0.3 is 0 Å². The largest absolute Gasteiger partial charge is 0.352 e. The summed E-state index contributed by atoms with van der Waals surface area (Å²) in [5.74, 6) is 2.04. The van der Waals surface area contributed by atoms with E-state index in [1.165, 1.54) is 0 Å². The molecule has 0 aliphatic carbocycles. The van der Waals surface area contributed by atoms with Gasteiger partial charge in [0.25, 0.3) is 0 Å². The third-order valence-corrected chi connectivity index (χ3v) is 5.68. The first-order valence-corrected chi connectivity index (χ1v) is 10.3. The van der Waals surface area contributed by atoms with Gasteiger partial charge in [0.1, 0.15) is 18.0 Å². The van der Waals surface area contributed by atoms with Crippen molar-refractivity contribution in [3.63, 3.8) is 0 Å². The van der Waals surface area contributed by atoms with Gasteiger partial charge in [0.2, 0.25) is 5.91 Å². The predicted molar refractivity (Wildman–Crippen MR) is 114 cm³/mol. The molecular weight excluding hydrogens is 380 g/mol. The molecular formula is C21H24N8O. The second kappa shape index (κ2) is 7.74. The number of aromatic amines is 1. The Balaban J connectivity index is 1.15. The molecule has 4 heterocycles. The Morgan fingerprint density at radius 3 is 2.80 bits per heavy atom. The molecule has 3 aromatic heterocycles. The summed E-state index contributed by atoms with van der Waals surface area (Å²) in [6.45, 7) is 2.93. The maximum absolute atomic E-state index is 12.7. The van der Waals surface area contributed by atoms with Gasteiger partial charge in [-0.25, -0.2) is 15.0 Å². The summed E-state index contributed by atoms with van der Waals surface area (Å²) in [4.78, 5) is 33.5. The normalized spacial score (nSPS) is 14.7. The summed E-state index contributed by atoms with van der Waals surface area (Å²) in [5, 5.41) is 5.23. The Morgan fingerprint density at radius 2 is 1.97 bits per heavy atom. The van der Waals surface area contributed by atoms with Crippen molar-refractivity contribution in [1.82, 2.24) is 34.6 Å². The number of para-hydroxylation sites is 2. The lowest BCUT2D eigenvalue weighted by molar-refractivity contribution is -0.131. The number of aryl methyl sites for hydroxylation is 2. The number of hydrogen-bond donors (Lipinski definition) is 1. The molecule has 0 radical (unpaired) electrons. The molecule has 1 aromatic carbocycles. The molecule has 30 heavy (non-hydrogen) atoms. The van der Waals surface area contributed by atoms with Crippen molar-refractivity contribution in [1.29, 1.82) is 0 Å². The number of hydrogen-bond acceptors (Lipinski definition) is 6. The Bertz CT molecular complexity index is 1160. The van der Waals surface area contributed by atoms with Crippen LogP contribution in [0.4, 0.5) is 5.82 Å². The van der Waals surface area contributed by atoms with Crippen molar-refractivity contribution < 1.29 is 4.79 Å². The fourth-order valence-corrected chi connectivity index (χ4v) is 4.06. The third kappa shape index (κ3) is 3.47. The smallest absolute Gasteiger partial charge is 0.222 e. The molecule has 1 aliphatic heterocycles. The highest BCUT2D eigenvalue weighted by Gasteiger charge is 2.23. The van der Waals surface area contributed by atoms with Crippen LogP contribution in [0.1, 0.15) is 18.7 Å². The summed E-state index contributed by atoms with van der Waals surface area (Å²) in [7, 11) is 1.88. The number of nitrogens with one attached hydrogen (secondary N) is 1. The summed E-state index contributed by atoms with van der Waals surface area (Å²) >= 11 is 0. The van der Waals surface area contributed by atoms with Crippen LogP contribution in [0.15, 0.2) is 36.8 Å². The lowest BCUT2D eigenvalue weighted by Crippen LogP contribution is -2.49. The van der Waals surface area contributed by atoms with E-state index in [1.54, 1.807) is 17.2 Å². The van der Waals surface area contributed by atoms with Crippen LogP contribution in [-0.4, -0.2) is 66.7 Å². The van der Waals surface area contributed by atoms with E-state index in [1.807, 2.05) is 36.2 Å². The van der Waals surface area contributed by atoms with Gasteiger partial charge < -0.3 is 14.8 Å². The highest BCUT2D eigenvalue weighted by molar-refractivity contribution is 5.86. The number of aromatic nitrogens is 6. The Kier molecular flexibility index (Phi) is 4.78. The number of benzene rings is 1. The number of anilines is 1. The standard InChI is InChI=1S/C21H24N8O/c1-27-20-15(13-24-27)21(23-14-22-20)29-11-9-28(10-12-29)19(30)8-4-7-18-25-16-5-2-3-6-17(16)26-18/h2-3,5-6,13-14H,4,7-12H2,1H3,(H,25,26). The summed E-state index contributed by atoms with van der Waals surface area (Å²) in [5.41, 5.74) is 2.84. The molecule has 1 amide bonds. The first-order valence-electron chi connectivity index (χ1n) is 10.3. The van der Waals surface area contributed by atoms with E-state index >= 15 is 0 Å². The van der Waals surface area contributed by atoms with Gasteiger partial charge in [-0.3, -0.25) is 9.48 Å². The van der Waals surface area contributed by atoms with E-state index in [-0.39, 0.29) is 5.91 Å². The zero-order chi connectivity index (χ0) is 20.5. The van der Waals surface area contributed by atoms with Crippen LogP contribution in [0.2, 0.25) is 0 Å². The SMILES string of the molecule is Cn1ncc2c(N3CCN(C(=O)CCCc4nc5ccccc5[nH]4)CC3)ncnc21. The quantitative estimate of drug-likeness (QED) is 0.546. The van der Waals surface area contributed by atoms with Crippen molar-refractivity contribution in [2.45, 2.75) is 19.3 Å². The number of amides is 1. The van der Waals surface area contributed by atoms with Crippen LogP contribution in [0.25, 0.3) is 22.1 Å². The van der Waals surface area contributed by atoms with Gasteiger partial charge in [-0.2, -0.15) is 5.10 Å². The third-order valence-electron chi connectivity index (χ3n) is 5.68. The van der Waals surface area contributed by atoms with E-state index < -0.39 is 0 Å². The molecule has 0 unspecified atom stereocenters. The molecule has 1 N–H and O–H groups in total. The Hall–Kier alpha value is -3.49. The molecule has 0 spiro atoms. The van der Waals surface area contributed by atoms with Gasteiger partial charge in [0, 0.05) is 46.1 Å². The molecule has 1 fully saturated rings. The second-order valence-corrected chi connectivity index (χ2v) is 7.62. The number of rotatable bonds is 5. The van der Waals surface area contributed by atoms with Gasteiger partial charge in [0.15, 0.2) is 5.65 Å². The highest BCUT2D eigenvalue weighted by Crippen LogP contribution is 2.23. The molecule has 4 aromatic rings. The molecule has 9 nitrogen and oxygen atoms in total. The van der Waals surface area contributed by atoms with Crippen LogP contribution >= 0.6 is 0 Å². The average Bonchev–Trinajstić information content (AvgIpc) is 3.37. The van der Waals surface area contributed by atoms with Gasteiger partial charge in [-0.15, -0.1) is 0 Å². The van der Waals surface area contributed by atoms with Crippen molar-refractivity contribution in [3.05, 3.63) is 42.6 Å². The fourth-order valence-electron chi connectivity index (χ4n) is 4.06. The number of carbonyl (C=O) groups is 1. The van der Waals surface area contributed by atoms with Crippen molar-refractivity contribution >= 4 is 33.8 Å². The van der Waals surface area contributed by atoms with Crippen LogP contribution in [0.5, 0.6) is 0 Å². The topological polar surface area (TPSA) is 95.8 Å². The number of carbonyl (C=O) groups excluding carboxylic acids is 1. The first kappa shape index (κ1) is 18.5. The van der Waals surface area contributed by atoms with Crippen LogP contribution in [-0.2, 0) is 18.3 Å². The van der Waals surface area contributed by atoms with E-state index in [0.717, 1.165) is 59.6 Å². The molecule has 5 rings (SSSR count). The molecule has 1 aliphatic rings. The monoisotopic (exact) mass is 404 g/mol. The number of piperazine rings is 1. The Labute approximate surface area is 173 Å². The minimum absolute atomic E-state index is 0.208. The van der Waals surface area contributed by atoms with Crippen LogP contribution in [0.3, 0.4) is 0 Å². The summed E-state index contributed by atoms with van der Waals surface area (Å²) in [6.07, 6.45) is 5.49.